The van der Waals surface area contributed by atoms with Crippen molar-refractivity contribution in [3.05, 3.63) is 86.9 Å². The summed E-state index contributed by atoms with van der Waals surface area (Å²) in [6, 6.07) is 17.8. The second kappa shape index (κ2) is 11.5. The number of nitrogens with zero attached hydrogens (tertiary/aromatic N) is 2. The van der Waals surface area contributed by atoms with Crippen LogP contribution in [0.5, 0.6) is 17.2 Å². The number of anilines is 1. The number of para-hydroxylation sites is 2. The predicted molar refractivity (Wildman–Crippen MR) is 132 cm³/mol. The minimum Gasteiger partial charge on any atom is -0.495 e. The van der Waals surface area contributed by atoms with Crippen LogP contribution in [0.15, 0.2) is 60.7 Å². The predicted octanol–water partition coefficient (Wildman–Crippen LogP) is 5.35. The highest BCUT2D eigenvalue weighted by Crippen LogP contribution is 2.37. The molecule has 0 saturated heterocycles. The largest absolute Gasteiger partial charge is 0.495 e. The van der Waals surface area contributed by atoms with Gasteiger partial charge >= 0.3 is 0 Å². The van der Waals surface area contributed by atoms with E-state index in [2.05, 4.69) is 11.4 Å². The molecule has 0 saturated carbocycles. The van der Waals surface area contributed by atoms with Crippen molar-refractivity contribution in [1.29, 1.82) is 5.26 Å². The number of nitro benzene ring substituents is 1. The number of halogens is 1. The number of nitrogens with one attached hydrogen (secondary N) is 1. The molecule has 0 aliphatic carbocycles. The zero-order chi connectivity index (χ0) is 25.4. The van der Waals surface area contributed by atoms with Gasteiger partial charge in [0.2, 0.25) is 0 Å². The van der Waals surface area contributed by atoms with E-state index in [1.165, 1.54) is 38.5 Å². The molecule has 0 aromatic heterocycles. The molecule has 0 aliphatic heterocycles. The quantitative estimate of drug-likeness (QED) is 0.184. The fourth-order valence-corrected chi connectivity index (χ4v) is 3.42. The minimum absolute atomic E-state index is 0.0769. The molecule has 3 aromatic rings. The first kappa shape index (κ1) is 25.1. The fraction of sp³-hybridized carbons (Fsp3) is 0.120. The Morgan fingerprint density at radius 1 is 1.11 bits per heavy atom. The third-order valence-electron chi connectivity index (χ3n) is 4.80. The molecule has 1 amide bonds. The monoisotopic (exact) mass is 493 g/mol. The Balaban J connectivity index is 1.79. The molecule has 0 fully saturated rings. The molecule has 1 N–H and O–H groups in total. The Labute approximate surface area is 206 Å². The highest BCUT2D eigenvalue weighted by Gasteiger charge is 2.15. The van der Waals surface area contributed by atoms with Gasteiger partial charge in [0, 0.05) is 12.1 Å². The van der Waals surface area contributed by atoms with Crippen molar-refractivity contribution in [2.45, 2.75) is 0 Å². The van der Waals surface area contributed by atoms with Crippen molar-refractivity contribution in [2.75, 3.05) is 26.1 Å². The van der Waals surface area contributed by atoms with Gasteiger partial charge in [-0.3, -0.25) is 14.9 Å². The molecule has 35 heavy (non-hydrogen) atoms. The molecule has 0 aliphatic rings. The Kier molecular flexibility index (Phi) is 8.27. The number of nitro groups is 1. The van der Waals surface area contributed by atoms with E-state index >= 15 is 0 Å². The smallest absolute Gasteiger partial charge is 0.269 e. The van der Waals surface area contributed by atoms with Crippen LogP contribution in [0.25, 0.3) is 11.6 Å². The van der Waals surface area contributed by atoms with E-state index in [0.29, 0.717) is 22.6 Å². The first-order valence-electron chi connectivity index (χ1n) is 10.2. The molecule has 0 bridgehead atoms. The Hall–Kier alpha value is -4.55. The van der Waals surface area contributed by atoms with E-state index in [0.717, 1.165) is 0 Å². The lowest BCUT2D eigenvalue weighted by molar-refractivity contribution is -0.384. The number of hydrogen-bond donors (Lipinski definition) is 1. The van der Waals surface area contributed by atoms with Gasteiger partial charge < -0.3 is 19.5 Å². The number of ether oxygens (including phenoxy) is 3. The Bertz CT molecular complexity index is 1320. The number of nitriles is 1. The number of carbonyl (C=O) groups excluding carboxylic acids is 1. The van der Waals surface area contributed by atoms with Crippen LogP contribution in [0.1, 0.15) is 11.1 Å². The maximum Gasteiger partial charge on any atom is 0.269 e. The summed E-state index contributed by atoms with van der Waals surface area (Å²) < 4.78 is 16.2. The van der Waals surface area contributed by atoms with Crippen molar-refractivity contribution in [3.63, 3.8) is 0 Å². The van der Waals surface area contributed by atoms with Crippen molar-refractivity contribution in [1.82, 2.24) is 0 Å². The van der Waals surface area contributed by atoms with Gasteiger partial charge in [0.25, 0.3) is 11.6 Å². The van der Waals surface area contributed by atoms with Crippen LogP contribution in [0, 0.1) is 21.4 Å². The van der Waals surface area contributed by atoms with Crippen LogP contribution in [0.3, 0.4) is 0 Å². The first-order chi connectivity index (χ1) is 16.9. The molecule has 0 spiro atoms. The maximum absolute atomic E-state index is 12.4. The van der Waals surface area contributed by atoms with Gasteiger partial charge in [0.05, 0.1) is 41.5 Å². The Morgan fingerprint density at radius 2 is 1.80 bits per heavy atom. The summed E-state index contributed by atoms with van der Waals surface area (Å²) in [4.78, 5) is 22.7. The number of benzene rings is 3. The van der Waals surface area contributed by atoms with Gasteiger partial charge in [0.1, 0.15) is 5.75 Å². The maximum atomic E-state index is 12.4. The lowest BCUT2D eigenvalue weighted by Crippen LogP contribution is -2.20. The van der Waals surface area contributed by atoms with Gasteiger partial charge in [0.15, 0.2) is 18.1 Å². The molecule has 10 heteroatoms. The van der Waals surface area contributed by atoms with Crippen LogP contribution >= 0.6 is 11.6 Å². The van der Waals surface area contributed by atoms with E-state index < -0.39 is 10.8 Å². The summed E-state index contributed by atoms with van der Waals surface area (Å²) >= 11 is 6.39. The number of hydrogen-bond acceptors (Lipinski definition) is 7. The third kappa shape index (κ3) is 6.28. The number of non-ortho nitro benzene ring substituents is 1. The molecule has 0 unspecified atom stereocenters. The minimum atomic E-state index is -0.514. The molecule has 178 valence electrons. The Morgan fingerprint density at radius 3 is 2.43 bits per heavy atom. The fourth-order valence-electron chi connectivity index (χ4n) is 3.14. The second-order valence-corrected chi connectivity index (χ2v) is 7.45. The van der Waals surface area contributed by atoms with E-state index in [4.69, 9.17) is 25.8 Å². The van der Waals surface area contributed by atoms with Crippen LogP contribution in [0.2, 0.25) is 5.02 Å². The molecule has 0 heterocycles. The summed E-state index contributed by atoms with van der Waals surface area (Å²) in [6.07, 6.45) is 1.56. The average molecular weight is 494 g/mol. The zero-order valence-electron chi connectivity index (χ0n) is 18.8. The van der Waals surface area contributed by atoms with E-state index in [1.54, 1.807) is 42.5 Å². The van der Waals surface area contributed by atoms with Crippen molar-refractivity contribution < 1.29 is 23.9 Å². The second-order valence-electron chi connectivity index (χ2n) is 7.05. The van der Waals surface area contributed by atoms with Crippen molar-refractivity contribution >= 4 is 40.5 Å². The van der Waals surface area contributed by atoms with E-state index in [-0.39, 0.29) is 34.4 Å². The lowest BCUT2D eigenvalue weighted by atomic mass is 10.0. The van der Waals surface area contributed by atoms with Crippen LogP contribution in [-0.4, -0.2) is 31.7 Å². The third-order valence-corrected chi connectivity index (χ3v) is 5.08. The van der Waals surface area contributed by atoms with E-state index in [9.17, 15) is 20.2 Å². The van der Waals surface area contributed by atoms with Gasteiger partial charge in [-0.2, -0.15) is 5.26 Å². The van der Waals surface area contributed by atoms with Gasteiger partial charge in [-0.15, -0.1) is 0 Å². The molecular formula is C25H20ClN3O6. The molecule has 3 rings (SSSR count). The number of rotatable bonds is 9. The highest BCUT2D eigenvalue weighted by atomic mass is 35.5. The number of amides is 1. The van der Waals surface area contributed by atoms with Gasteiger partial charge in [-0.25, -0.2) is 0 Å². The molecule has 0 atom stereocenters. The van der Waals surface area contributed by atoms with Crippen molar-refractivity contribution in [2.24, 2.45) is 0 Å². The number of carbonyl (C=O) groups is 1. The molecular weight excluding hydrogens is 474 g/mol. The molecule has 3 aromatic carbocycles. The van der Waals surface area contributed by atoms with Crippen LogP contribution < -0.4 is 19.5 Å². The average Bonchev–Trinajstić information content (AvgIpc) is 2.86. The van der Waals surface area contributed by atoms with Crippen LogP contribution in [-0.2, 0) is 4.79 Å². The topological polar surface area (TPSA) is 124 Å². The molecule has 9 nitrogen and oxygen atoms in total. The number of methoxy groups -OCH3 is 2. The lowest BCUT2D eigenvalue weighted by Gasteiger charge is -2.14. The summed E-state index contributed by atoms with van der Waals surface area (Å²) in [6.45, 7) is -0.338. The van der Waals surface area contributed by atoms with E-state index in [1.807, 2.05) is 0 Å². The standard InChI is InChI=1S/C25H20ClN3O6/c1-33-22-6-4-3-5-21(22)28-24(30)15-35-25-20(26)12-16(13-23(25)34-2)11-18(14-27)17-7-9-19(10-8-17)29(31)32/h3-13H,15H2,1-2H3,(H,28,30)/b18-11+. The summed E-state index contributed by atoms with van der Waals surface area (Å²) in [5.74, 6) is 0.501. The summed E-state index contributed by atoms with van der Waals surface area (Å²) in [5, 5.41) is 23.3. The van der Waals surface area contributed by atoms with Crippen molar-refractivity contribution in [3.8, 4) is 23.3 Å². The van der Waals surface area contributed by atoms with Crippen LogP contribution in [0.4, 0.5) is 11.4 Å². The van der Waals surface area contributed by atoms with Gasteiger partial charge in [-0.05, 0) is 53.6 Å². The SMILES string of the molecule is COc1ccccc1NC(=O)COc1c(Cl)cc(/C=C(\C#N)c2ccc([N+](=O)[O-])cc2)cc1OC. The number of allylic oxidation sites excluding steroid dienone is 1. The highest BCUT2D eigenvalue weighted by molar-refractivity contribution is 6.32. The normalized spacial score (nSPS) is 10.7. The zero-order valence-corrected chi connectivity index (χ0v) is 19.5. The molecule has 0 radical (unpaired) electrons. The van der Waals surface area contributed by atoms with Gasteiger partial charge in [-0.1, -0.05) is 23.7 Å². The first-order valence-corrected chi connectivity index (χ1v) is 10.5. The summed E-state index contributed by atoms with van der Waals surface area (Å²) in [5.41, 5.74) is 1.72. The summed E-state index contributed by atoms with van der Waals surface area (Å²) in [7, 11) is 2.92.